The van der Waals surface area contributed by atoms with Crippen molar-refractivity contribution in [1.82, 2.24) is 5.32 Å². The highest BCUT2D eigenvalue weighted by atomic mass is 35.5. The standard InChI is InChI=1S/C15H18F2N4O3.ClH/c16-15(17,8-18)9-19-12(22)5-6-14(24)21-7-13(23)20-10-3-1-2-4-11(10)21;/h1-4H,5-9,18H2,(H,19,22)(H,20,23);1H. The molecule has 4 N–H and O–H groups in total. The largest absolute Gasteiger partial charge is 0.350 e. The SMILES string of the molecule is Cl.NCC(F)(F)CNC(=O)CCC(=O)N1CC(=O)Nc2ccccc21. The molecule has 0 spiro atoms. The van der Waals surface area contributed by atoms with Crippen molar-refractivity contribution >= 4 is 41.5 Å². The van der Waals surface area contributed by atoms with E-state index in [4.69, 9.17) is 5.73 Å². The molecule has 0 aromatic heterocycles. The van der Waals surface area contributed by atoms with Crippen LogP contribution >= 0.6 is 12.4 Å². The first-order chi connectivity index (χ1) is 11.3. The van der Waals surface area contributed by atoms with Gasteiger partial charge in [-0.2, -0.15) is 0 Å². The topological polar surface area (TPSA) is 105 Å². The van der Waals surface area contributed by atoms with Gasteiger partial charge >= 0.3 is 0 Å². The van der Waals surface area contributed by atoms with E-state index in [2.05, 4.69) is 5.32 Å². The van der Waals surface area contributed by atoms with E-state index < -0.39 is 30.8 Å². The third-order valence-corrected chi connectivity index (χ3v) is 3.48. The Kier molecular flexibility index (Phi) is 7.25. The predicted molar refractivity (Wildman–Crippen MR) is 90.9 cm³/mol. The van der Waals surface area contributed by atoms with Crippen LogP contribution in [-0.4, -0.2) is 43.3 Å². The van der Waals surface area contributed by atoms with Crippen molar-refractivity contribution in [3.8, 4) is 0 Å². The van der Waals surface area contributed by atoms with E-state index in [0.717, 1.165) is 0 Å². The molecule has 0 saturated heterocycles. The lowest BCUT2D eigenvalue weighted by molar-refractivity contribution is -0.126. The minimum atomic E-state index is -3.18. The summed E-state index contributed by atoms with van der Waals surface area (Å²) in [6.45, 7) is -1.89. The average molecular weight is 377 g/mol. The zero-order valence-electron chi connectivity index (χ0n) is 13.3. The smallest absolute Gasteiger partial charge is 0.277 e. The van der Waals surface area contributed by atoms with Crippen LogP contribution in [0.15, 0.2) is 24.3 Å². The number of nitrogens with two attached hydrogens (primary N) is 1. The molecule has 1 aliphatic heterocycles. The van der Waals surface area contributed by atoms with Crippen LogP contribution in [-0.2, 0) is 14.4 Å². The van der Waals surface area contributed by atoms with Gasteiger partial charge in [0.15, 0.2) is 0 Å². The zero-order chi connectivity index (χ0) is 17.7. The Balaban J connectivity index is 0.00000312. The van der Waals surface area contributed by atoms with Crippen LogP contribution < -0.4 is 21.3 Å². The van der Waals surface area contributed by atoms with Gasteiger partial charge < -0.3 is 21.3 Å². The molecule has 1 heterocycles. The van der Waals surface area contributed by atoms with Gasteiger partial charge in [-0.3, -0.25) is 14.4 Å². The number of amides is 3. The van der Waals surface area contributed by atoms with Gasteiger partial charge in [0.1, 0.15) is 6.54 Å². The molecule has 3 amide bonds. The second kappa shape index (κ2) is 8.72. The number of anilines is 2. The normalized spacial score (nSPS) is 13.4. The van der Waals surface area contributed by atoms with Crippen molar-refractivity contribution in [2.24, 2.45) is 5.73 Å². The van der Waals surface area contributed by atoms with Gasteiger partial charge in [-0.1, -0.05) is 12.1 Å². The minimum absolute atomic E-state index is 0. The maximum atomic E-state index is 13.0. The van der Waals surface area contributed by atoms with Gasteiger partial charge in [-0.25, -0.2) is 8.78 Å². The van der Waals surface area contributed by atoms with Crippen molar-refractivity contribution in [3.05, 3.63) is 24.3 Å². The van der Waals surface area contributed by atoms with Crippen molar-refractivity contribution in [1.29, 1.82) is 0 Å². The summed E-state index contributed by atoms with van der Waals surface area (Å²) in [4.78, 5) is 36.8. The van der Waals surface area contributed by atoms with Crippen LogP contribution in [0.1, 0.15) is 12.8 Å². The number of carbonyl (C=O) groups excluding carboxylic acids is 3. The van der Waals surface area contributed by atoms with E-state index in [0.29, 0.717) is 11.4 Å². The van der Waals surface area contributed by atoms with Crippen LogP contribution in [0.25, 0.3) is 0 Å². The lowest BCUT2D eigenvalue weighted by Gasteiger charge is -2.29. The fourth-order valence-electron chi connectivity index (χ4n) is 2.20. The van der Waals surface area contributed by atoms with Crippen molar-refractivity contribution in [2.45, 2.75) is 18.8 Å². The number of alkyl halides is 2. The van der Waals surface area contributed by atoms with Gasteiger partial charge in [0, 0.05) is 12.8 Å². The number of nitrogens with one attached hydrogen (secondary N) is 2. The first kappa shape index (κ1) is 20.8. The number of benzene rings is 1. The van der Waals surface area contributed by atoms with Gasteiger partial charge in [-0.05, 0) is 12.1 Å². The third-order valence-electron chi connectivity index (χ3n) is 3.48. The summed E-state index contributed by atoms with van der Waals surface area (Å²) in [7, 11) is 0. The van der Waals surface area contributed by atoms with Gasteiger partial charge in [0.2, 0.25) is 17.7 Å². The Morgan fingerprint density at radius 1 is 1.28 bits per heavy atom. The fourth-order valence-corrected chi connectivity index (χ4v) is 2.20. The summed E-state index contributed by atoms with van der Waals surface area (Å²) < 4.78 is 25.9. The molecule has 10 heteroatoms. The maximum Gasteiger partial charge on any atom is 0.277 e. The Morgan fingerprint density at radius 2 is 1.96 bits per heavy atom. The molecule has 7 nitrogen and oxygen atoms in total. The van der Waals surface area contributed by atoms with Crippen LogP contribution in [0.2, 0.25) is 0 Å². The molecule has 0 bridgehead atoms. The summed E-state index contributed by atoms with van der Waals surface area (Å²) in [5.74, 6) is -4.62. The molecule has 0 aliphatic carbocycles. The number of hydrogen-bond donors (Lipinski definition) is 3. The summed E-state index contributed by atoms with van der Waals surface area (Å²) in [5.41, 5.74) is 5.92. The third kappa shape index (κ3) is 5.64. The molecule has 0 unspecified atom stereocenters. The second-order valence-electron chi connectivity index (χ2n) is 5.38. The summed E-state index contributed by atoms with van der Waals surface area (Å²) in [6.07, 6.45) is -0.443. The zero-order valence-corrected chi connectivity index (χ0v) is 14.1. The lowest BCUT2D eigenvalue weighted by Crippen LogP contribution is -2.43. The molecular weight excluding hydrogens is 358 g/mol. The monoisotopic (exact) mass is 376 g/mol. The number of hydrogen-bond acceptors (Lipinski definition) is 4. The van der Waals surface area contributed by atoms with E-state index in [-0.39, 0.29) is 37.7 Å². The Hall–Kier alpha value is -2.26. The number of para-hydroxylation sites is 2. The summed E-state index contributed by atoms with van der Waals surface area (Å²) in [6, 6.07) is 6.78. The maximum absolute atomic E-state index is 13.0. The summed E-state index contributed by atoms with van der Waals surface area (Å²) in [5, 5.41) is 4.69. The van der Waals surface area contributed by atoms with Crippen LogP contribution in [0.5, 0.6) is 0 Å². The van der Waals surface area contributed by atoms with Gasteiger partial charge in [0.05, 0.1) is 24.5 Å². The number of fused-ring (bicyclic) bond motifs is 1. The molecule has 0 atom stereocenters. The van der Waals surface area contributed by atoms with E-state index in [9.17, 15) is 23.2 Å². The first-order valence-corrected chi connectivity index (χ1v) is 7.36. The highest BCUT2D eigenvalue weighted by Crippen LogP contribution is 2.29. The van der Waals surface area contributed by atoms with Crippen LogP contribution in [0, 0.1) is 0 Å². The van der Waals surface area contributed by atoms with Crippen molar-refractivity contribution < 1.29 is 23.2 Å². The first-order valence-electron chi connectivity index (χ1n) is 7.36. The Labute approximate surface area is 149 Å². The van der Waals surface area contributed by atoms with Gasteiger partial charge in [0.25, 0.3) is 5.92 Å². The van der Waals surface area contributed by atoms with Crippen LogP contribution in [0.4, 0.5) is 20.2 Å². The van der Waals surface area contributed by atoms with Crippen molar-refractivity contribution in [2.75, 3.05) is 29.9 Å². The van der Waals surface area contributed by atoms with E-state index in [1.54, 1.807) is 24.3 Å². The molecule has 1 aliphatic rings. The summed E-state index contributed by atoms with van der Waals surface area (Å²) >= 11 is 0. The van der Waals surface area contributed by atoms with E-state index >= 15 is 0 Å². The molecule has 2 rings (SSSR count). The fraction of sp³-hybridized carbons (Fsp3) is 0.400. The Bertz CT molecular complexity index is 657. The second-order valence-corrected chi connectivity index (χ2v) is 5.38. The molecule has 0 fully saturated rings. The van der Waals surface area contributed by atoms with E-state index in [1.807, 2.05) is 5.32 Å². The average Bonchev–Trinajstić information content (AvgIpc) is 2.57. The Morgan fingerprint density at radius 3 is 2.64 bits per heavy atom. The quantitative estimate of drug-likeness (QED) is 0.685. The number of nitrogens with zero attached hydrogens (tertiary/aromatic N) is 1. The lowest BCUT2D eigenvalue weighted by atomic mass is 10.1. The molecule has 138 valence electrons. The number of halogens is 3. The molecule has 1 aromatic rings. The van der Waals surface area contributed by atoms with E-state index in [1.165, 1.54) is 4.90 Å². The number of carbonyl (C=O) groups is 3. The molecule has 0 saturated carbocycles. The molecular formula is C15H19ClF2N4O3. The molecule has 25 heavy (non-hydrogen) atoms. The highest BCUT2D eigenvalue weighted by Gasteiger charge is 2.28. The predicted octanol–water partition coefficient (Wildman–Crippen LogP) is 0.884. The van der Waals surface area contributed by atoms with Crippen molar-refractivity contribution in [3.63, 3.8) is 0 Å². The minimum Gasteiger partial charge on any atom is -0.350 e. The van der Waals surface area contributed by atoms with Crippen LogP contribution in [0.3, 0.4) is 0 Å². The molecule has 0 radical (unpaired) electrons. The highest BCUT2D eigenvalue weighted by molar-refractivity contribution is 6.10. The number of rotatable bonds is 6. The van der Waals surface area contributed by atoms with Gasteiger partial charge in [-0.15, -0.1) is 12.4 Å². The molecule has 1 aromatic carbocycles.